The summed E-state index contributed by atoms with van der Waals surface area (Å²) in [4.78, 5) is 9.22. The Labute approximate surface area is 149 Å². The Morgan fingerprint density at radius 3 is 2.64 bits per heavy atom. The van der Waals surface area contributed by atoms with Gasteiger partial charge in [-0.25, -0.2) is 18.1 Å². The van der Waals surface area contributed by atoms with Gasteiger partial charge in [0.15, 0.2) is 0 Å². The van der Waals surface area contributed by atoms with E-state index < -0.39 is 10.0 Å². The summed E-state index contributed by atoms with van der Waals surface area (Å²) in [7, 11) is 0.510. The van der Waals surface area contributed by atoms with Crippen molar-refractivity contribution in [3.63, 3.8) is 0 Å². The number of imidazole rings is 1. The zero-order valence-electron chi connectivity index (χ0n) is 15.1. The molecular weight excluding hydrogens is 338 g/mol. The van der Waals surface area contributed by atoms with E-state index in [-0.39, 0.29) is 10.8 Å². The van der Waals surface area contributed by atoms with E-state index in [9.17, 15) is 8.42 Å². The summed E-state index contributed by atoms with van der Waals surface area (Å²) in [5.41, 5.74) is 1.61. The second-order valence-electron chi connectivity index (χ2n) is 7.07. The molecule has 1 aromatic heterocycles. The third kappa shape index (κ3) is 4.38. The number of hydrogen-bond acceptors (Lipinski definition) is 5. The standard InChI is InChI=1S/C17H27N5O2S/c1-14(12-22-8-6-20(2)7-9-22)11-19-25(23,24)15-4-5-17-16(10-15)18-13-21(17)3/h4-5,10,13-14,19H,6-9,11-12H2,1-3H3. The highest BCUT2D eigenvalue weighted by Gasteiger charge is 2.19. The number of nitrogens with one attached hydrogen (secondary N) is 1. The fraction of sp³-hybridized carbons (Fsp3) is 0.588. The Kier molecular flexibility index (Phi) is 5.43. The first-order chi connectivity index (χ1) is 11.8. The van der Waals surface area contributed by atoms with Gasteiger partial charge in [0.2, 0.25) is 10.0 Å². The summed E-state index contributed by atoms with van der Waals surface area (Å²) in [5, 5.41) is 0. The van der Waals surface area contributed by atoms with Crippen molar-refractivity contribution in [3.8, 4) is 0 Å². The molecular formula is C17H27N5O2S. The van der Waals surface area contributed by atoms with Gasteiger partial charge in [0.25, 0.3) is 0 Å². The van der Waals surface area contributed by atoms with Crippen molar-refractivity contribution in [2.45, 2.75) is 11.8 Å². The van der Waals surface area contributed by atoms with Crippen molar-refractivity contribution >= 4 is 21.1 Å². The van der Waals surface area contributed by atoms with Crippen molar-refractivity contribution in [2.24, 2.45) is 13.0 Å². The lowest BCUT2D eigenvalue weighted by atomic mass is 10.1. The number of likely N-dealkylation sites (N-methyl/N-ethyl adjacent to an activating group) is 1. The van der Waals surface area contributed by atoms with Crippen molar-refractivity contribution < 1.29 is 8.42 Å². The number of piperazine rings is 1. The number of fused-ring (bicyclic) bond motifs is 1. The second-order valence-corrected chi connectivity index (χ2v) is 8.83. The fourth-order valence-electron chi connectivity index (χ4n) is 3.15. The summed E-state index contributed by atoms with van der Waals surface area (Å²) < 4.78 is 29.7. The Hall–Kier alpha value is -1.48. The smallest absolute Gasteiger partial charge is 0.240 e. The van der Waals surface area contributed by atoms with E-state index in [1.54, 1.807) is 24.5 Å². The van der Waals surface area contributed by atoms with Crippen LogP contribution >= 0.6 is 0 Å². The lowest BCUT2D eigenvalue weighted by molar-refractivity contribution is 0.139. The second kappa shape index (κ2) is 7.41. The predicted molar refractivity (Wildman–Crippen MR) is 99.0 cm³/mol. The highest BCUT2D eigenvalue weighted by molar-refractivity contribution is 7.89. The van der Waals surface area contributed by atoms with Crippen molar-refractivity contribution in [1.29, 1.82) is 0 Å². The molecule has 7 nitrogen and oxygen atoms in total. The molecule has 8 heteroatoms. The van der Waals surface area contributed by atoms with Gasteiger partial charge in [-0.2, -0.15) is 0 Å². The van der Waals surface area contributed by atoms with Gasteiger partial charge < -0.3 is 14.4 Å². The first-order valence-electron chi connectivity index (χ1n) is 8.67. The van der Waals surface area contributed by atoms with Gasteiger partial charge in [0.05, 0.1) is 22.3 Å². The lowest BCUT2D eigenvalue weighted by Gasteiger charge is -2.33. The van der Waals surface area contributed by atoms with Crippen LogP contribution < -0.4 is 4.72 Å². The van der Waals surface area contributed by atoms with Crippen molar-refractivity contribution in [1.82, 2.24) is 24.1 Å². The van der Waals surface area contributed by atoms with Crippen LogP contribution in [0.5, 0.6) is 0 Å². The van der Waals surface area contributed by atoms with Crippen molar-refractivity contribution in [2.75, 3.05) is 46.3 Å². The molecule has 2 heterocycles. The zero-order valence-corrected chi connectivity index (χ0v) is 16.0. The van der Waals surface area contributed by atoms with Gasteiger partial charge >= 0.3 is 0 Å². The molecule has 3 rings (SSSR count). The highest BCUT2D eigenvalue weighted by atomic mass is 32.2. The number of aromatic nitrogens is 2. The Morgan fingerprint density at radius 1 is 1.20 bits per heavy atom. The molecule has 1 atom stereocenters. The SMILES string of the molecule is CC(CNS(=O)(=O)c1ccc2c(c1)ncn2C)CN1CCN(C)CC1. The summed E-state index contributed by atoms with van der Waals surface area (Å²) in [6, 6.07) is 5.06. The van der Waals surface area contributed by atoms with E-state index in [0.717, 1.165) is 38.2 Å². The van der Waals surface area contributed by atoms with Crippen LogP contribution in [0.3, 0.4) is 0 Å². The minimum Gasteiger partial charge on any atom is -0.334 e. The van der Waals surface area contributed by atoms with Gasteiger partial charge in [0.1, 0.15) is 0 Å². The van der Waals surface area contributed by atoms with Crippen LogP contribution in [-0.4, -0.2) is 74.1 Å². The molecule has 1 aliphatic rings. The normalized spacial score (nSPS) is 18.7. The van der Waals surface area contributed by atoms with Gasteiger partial charge in [-0.05, 0) is 31.2 Å². The first-order valence-corrected chi connectivity index (χ1v) is 10.1. The van der Waals surface area contributed by atoms with Crippen LogP contribution in [0, 0.1) is 5.92 Å². The van der Waals surface area contributed by atoms with Crippen LogP contribution in [0.2, 0.25) is 0 Å². The van der Waals surface area contributed by atoms with Crippen LogP contribution in [0.15, 0.2) is 29.4 Å². The molecule has 0 radical (unpaired) electrons. The molecule has 0 amide bonds. The Bertz CT molecular complexity index is 825. The number of sulfonamides is 1. The molecule has 0 bridgehead atoms. The van der Waals surface area contributed by atoms with E-state index in [2.05, 4.69) is 33.5 Å². The average molecular weight is 366 g/mol. The van der Waals surface area contributed by atoms with Crippen LogP contribution in [0.25, 0.3) is 11.0 Å². The molecule has 0 spiro atoms. The van der Waals surface area contributed by atoms with E-state index in [1.807, 2.05) is 11.6 Å². The number of aryl methyl sites for hydroxylation is 1. The average Bonchev–Trinajstić information content (AvgIpc) is 2.96. The molecule has 1 fully saturated rings. The molecule has 1 unspecified atom stereocenters. The largest absolute Gasteiger partial charge is 0.334 e. The lowest BCUT2D eigenvalue weighted by Crippen LogP contribution is -2.46. The molecule has 25 heavy (non-hydrogen) atoms. The van der Waals surface area contributed by atoms with E-state index in [1.165, 1.54) is 0 Å². The van der Waals surface area contributed by atoms with Crippen molar-refractivity contribution in [3.05, 3.63) is 24.5 Å². The Morgan fingerprint density at radius 2 is 1.92 bits per heavy atom. The first kappa shape index (κ1) is 18.3. The molecule has 1 aliphatic heterocycles. The maximum Gasteiger partial charge on any atom is 0.240 e. The van der Waals surface area contributed by atoms with Gasteiger partial charge in [-0.15, -0.1) is 0 Å². The van der Waals surface area contributed by atoms with Gasteiger partial charge in [-0.1, -0.05) is 6.92 Å². The molecule has 1 saturated heterocycles. The third-order valence-corrected chi connectivity index (χ3v) is 6.22. The molecule has 0 saturated carbocycles. The van der Waals surface area contributed by atoms with Gasteiger partial charge in [0, 0.05) is 46.3 Å². The van der Waals surface area contributed by atoms with E-state index in [4.69, 9.17) is 0 Å². The predicted octanol–water partition coefficient (Wildman–Crippen LogP) is 0.735. The molecule has 1 aromatic carbocycles. The topological polar surface area (TPSA) is 70.5 Å². The summed E-state index contributed by atoms with van der Waals surface area (Å²) in [6.45, 7) is 7.67. The van der Waals surface area contributed by atoms with E-state index >= 15 is 0 Å². The zero-order chi connectivity index (χ0) is 18.0. The monoisotopic (exact) mass is 365 g/mol. The number of benzene rings is 1. The Balaban J connectivity index is 1.58. The van der Waals surface area contributed by atoms with Crippen LogP contribution in [0.1, 0.15) is 6.92 Å². The third-order valence-electron chi connectivity index (χ3n) is 4.79. The quantitative estimate of drug-likeness (QED) is 0.817. The van der Waals surface area contributed by atoms with E-state index in [0.29, 0.717) is 12.1 Å². The summed E-state index contributed by atoms with van der Waals surface area (Å²) in [6.07, 6.45) is 1.69. The highest BCUT2D eigenvalue weighted by Crippen LogP contribution is 2.17. The fourth-order valence-corrected chi connectivity index (χ4v) is 4.34. The summed E-state index contributed by atoms with van der Waals surface area (Å²) >= 11 is 0. The molecule has 138 valence electrons. The minimum absolute atomic E-state index is 0.261. The maximum atomic E-state index is 12.6. The number of hydrogen-bond donors (Lipinski definition) is 1. The maximum absolute atomic E-state index is 12.6. The van der Waals surface area contributed by atoms with Gasteiger partial charge in [-0.3, -0.25) is 0 Å². The van der Waals surface area contributed by atoms with Crippen LogP contribution in [0.4, 0.5) is 0 Å². The molecule has 0 aliphatic carbocycles. The molecule has 2 aromatic rings. The number of nitrogens with zero attached hydrogens (tertiary/aromatic N) is 4. The van der Waals surface area contributed by atoms with Crippen LogP contribution in [-0.2, 0) is 17.1 Å². The summed E-state index contributed by atoms with van der Waals surface area (Å²) in [5.74, 6) is 0.261. The minimum atomic E-state index is -3.51. The molecule has 1 N–H and O–H groups in total. The number of rotatable bonds is 6.